The van der Waals surface area contributed by atoms with Crippen LogP contribution in [-0.4, -0.2) is 24.0 Å². The van der Waals surface area contributed by atoms with Gasteiger partial charge in [-0.15, -0.1) is 11.8 Å². The number of nitrogens with zero attached hydrogens (tertiary/aromatic N) is 1. The molecule has 0 spiro atoms. The average Bonchev–Trinajstić information content (AvgIpc) is 2.54. The first-order valence-corrected chi connectivity index (χ1v) is 6.93. The van der Waals surface area contributed by atoms with Crippen molar-refractivity contribution in [1.29, 1.82) is 0 Å². The molecule has 0 saturated heterocycles. The van der Waals surface area contributed by atoms with Crippen LogP contribution < -0.4 is 4.90 Å². The number of amides is 1. The predicted molar refractivity (Wildman–Crippen MR) is 74.3 cm³/mol. The summed E-state index contributed by atoms with van der Waals surface area (Å²) in [5, 5.41) is 0.501. The third-order valence-corrected chi connectivity index (χ3v) is 4.78. The molecule has 1 atom stereocenters. The molecule has 0 aliphatic carbocycles. The molecular weight excluding hydrogens is 246 g/mol. The lowest BCUT2D eigenvalue weighted by Crippen LogP contribution is -2.24. The molecule has 0 saturated carbocycles. The van der Waals surface area contributed by atoms with E-state index in [1.807, 2.05) is 12.1 Å². The average molecular weight is 263 g/mol. The Morgan fingerprint density at radius 1 is 1.17 bits per heavy atom. The molecule has 18 heavy (non-hydrogen) atoms. The molecule has 0 radical (unpaired) electrons. The summed E-state index contributed by atoms with van der Waals surface area (Å²) in [6, 6.07) is 5.61. The van der Waals surface area contributed by atoms with Crippen LogP contribution in [-0.2, 0) is 4.79 Å². The maximum atomic E-state index is 11.7. The molecule has 0 fully saturated rings. The second kappa shape index (κ2) is 4.76. The molecule has 1 heterocycles. The monoisotopic (exact) mass is 263 g/mol. The number of carbonyl (C=O) groups excluding carboxylic acids is 2. The van der Waals surface area contributed by atoms with Gasteiger partial charge in [-0.1, -0.05) is 20.8 Å². The standard InChI is InChI=1S/C14H17NO2S/c1-8(2)9(3)18-10-5-6-11-12(7-10)15(4)14(17)13(11)16/h5-9H,1-4H3. The summed E-state index contributed by atoms with van der Waals surface area (Å²) in [6.45, 7) is 6.55. The van der Waals surface area contributed by atoms with E-state index in [-0.39, 0.29) is 0 Å². The summed E-state index contributed by atoms with van der Waals surface area (Å²) in [4.78, 5) is 25.8. The number of thioether (sulfide) groups is 1. The van der Waals surface area contributed by atoms with Gasteiger partial charge in [0.25, 0.3) is 11.7 Å². The van der Waals surface area contributed by atoms with Crippen LogP contribution in [0.1, 0.15) is 31.1 Å². The molecule has 96 valence electrons. The van der Waals surface area contributed by atoms with Gasteiger partial charge in [0.15, 0.2) is 0 Å². The highest BCUT2D eigenvalue weighted by molar-refractivity contribution is 8.00. The summed E-state index contributed by atoms with van der Waals surface area (Å²) in [6.07, 6.45) is 0. The molecule has 4 heteroatoms. The van der Waals surface area contributed by atoms with Gasteiger partial charge in [0.05, 0.1) is 11.3 Å². The minimum Gasteiger partial charge on any atom is -0.308 e. The van der Waals surface area contributed by atoms with Gasteiger partial charge in [0.2, 0.25) is 0 Å². The number of anilines is 1. The fourth-order valence-corrected chi connectivity index (χ4v) is 2.81. The van der Waals surface area contributed by atoms with Gasteiger partial charge in [-0.2, -0.15) is 0 Å². The highest BCUT2D eigenvalue weighted by atomic mass is 32.2. The lowest BCUT2D eigenvalue weighted by Gasteiger charge is -2.16. The fourth-order valence-electron chi connectivity index (χ4n) is 1.78. The Bertz CT molecular complexity index is 511. The van der Waals surface area contributed by atoms with Crippen LogP contribution in [0.2, 0.25) is 0 Å². The number of carbonyl (C=O) groups is 2. The van der Waals surface area contributed by atoms with Crippen LogP contribution in [0.5, 0.6) is 0 Å². The van der Waals surface area contributed by atoms with Crippen molar-refractivity contribution in [2.45, 2.75) is 30.9 Å². The topological polar surface area (TPSA) is 37.4 Å². The molecule has 1 aliphatic heterocycles. The summed E-state index contributed by atoms with van der Waals surface area (Å²) < 4.78 is 0. The van der Waals surface area contributed by atoms with Gasteiger partial charge in [0.1, 0.15) is 0 Å². The van der Waals surface area contributed by atoms with E-state index in [9.17, 15) is 9.59 Å². The number of ketones is 1. The lowest BCUT2D eigenvalue weighted by molar-refractivity contribution is -0.114. The van der Waals surface area contributed by atoms with Crippen LogP contribution in [0.15, 0.2) is 23.1 Å². The number of hydrogen-bond donors (Lipinski definition) is 0. The van der Waals surface area contributed by atoms with E-state index in [4.69, 9.17) is 0 Å². The van der Waals surface area contributed by atoms with Gasteiger partial charge >= 0.3 is 0 Å². The molecule has 0 aromatic heterocycles. The Balaban J connectivity index is 2.29. The number of fused-ring (bicyclic) bond motifs is 1. The van der Waals surface area contributed by atoms with E-state index in [0.717, 1.165) is 10.6 Å². The Kier molecular flexibility index (Phi) is 3.48. The third kappa shape index (κ3) is 2.17. The Labute approximate surface area is 112 Å². The van der Waals surface area contributed by atoms with Crippen molar-refractivity contribution >= 4 is 29.1 Å². The quantitative estimate of drug-likeness (QED) is 0.621. The number of benzene rings is 1. The molecule has 0 N–H and O–H groups in total. The first-order chi connectivity index (χ1) is 8.41. The molecule has 1 unspecified atom stereocenters. The highest BCUT2D eigenvalue weighted by Crippen LogP contribution is 2.34. The zero-order valence-electron chi connectivity index (χ0n) is 11.1. The van der Waals surface area contributed by atoms with Crippen molar-refractivity contribution in [2.24, 2.45) is 5.92 Å². The lowest BCUT2D eigenvalue weighted by atomic mass is 10.1. The van der Waals surface area contributed by atoms with Gasteiger partial charge in [-0.25, -0.2) is 0 Å². The summed E-state index contributed by atoms with van der Waals surface area (Å²) in [7, 11) is 1.65. The second-order valence-corrected chi connectivity index (χ2v) is 6.39. The van der Waals surface area contributed by atoms with Crippen LogP contribution in [0.3, 0.4) is 0 Å². The number of likely N-dealkylation sites (N-methyl/N-ethyl adjacent to an activating group) is 1. The van der Waals surface area contributed by atoms with Crippen molar-refractivity contribution < 1.29 is 9.59 Å². The zero-order valence-corrected chi connectivity index (χ0v) is 11.9. The van der Waals surface area contributed by atoms with Gasteiger partial charge in [0, 0.05) is 17.2 Å². The molecule has 3 nitrogen and oxygen atoms in total. The smallest absolute Gasteiger partial charge is 0.299 e. The van der Waals surface area contributed by atoms with E-state index in [0.29, 0.717) is 16.7 Å². The zero-order chi connectivity index (χ0) is 13.4. The summed E-state index contributed by atoms with van der Waals surface area (Å²) >= 11 is 1.77. The number of Topliss-reactive ketones (excluding diaryl/α,β-unsaturated/α-hetero) is 1. The molecule has 1 amide bonds. The summed E-state index contributed by atoms with van der Waals surface area (Å²) in [5.41, 5.74) is 1.25. The Morgan fingerprint density at radius 2 is 1.83 bits per heavy atom. The first-order valence-electron chi connectivity index (χ1n) is 6.05. The first kappa shape index (κ1) is 13.1. The van der Waals surface area contributed by atoms with E-state index in [2.05, 4.69) is 20.8 Å². The van der Waals surface area contributed by atoms with Gasteiger partial charge in [-0.3, -0.25) is 9.59 Å². The van der Waals surface area contributed by atoms with Crippen LogP contribution >= 0.6 is 11.8 Å². The minimum atomic E-state index is -0.441. The van der Waals surface area contributed by atoms with Gasteiger partial charge < -0.3 is 4.90 Å². The highest BCUT2D eigenvalue weighted by Gasteiger charge is 2.33. The van der Waals surface area contributed by atoms with E-state index in [1.54, 1.807) is 24.9 Å². The number of rotatable bonds is 3. The normalized spacial score (nSPS) is 16.4. The van der Waals surface area contributed by atoms with E-state index >= 15 is 0 Å². The molecule has 1 aromatic carbocycles. The Hall–Kier alpha value is -1.29. The van der Waals surface area contributed by atoms with E-state index < -0.39 is 11.7 Å². The maximum absolute atomic E-state index is 11.7. The SMILES string of the molecule is CC(C)C(C)Sc1ccc2c(c1)N(C)C(=O)C2=O. The van der Waals surface area contributed by atoms with Crippen molar-refractivity contribution in [3.8, 4) is 0 Å². The van der Waals surface area contributed by atoms with Gasteiger partial charge in [-0.05, 0) is 24.1 Å². The molecule has 0 bridgehead atoms. The summed E-state index contributed by atoms with van der Waals surface area (Å²) in [5.74, 6) is -0.255. The van der Waals surface area contributed by atoms with Crippen molar-refractivity contribution in [3.05, 3.63) is 23.8 Å². The van der Waals surface area contributed by atoms with Crippen LogP contribution in [0.25, 0.3) is 0 Å². The number of hydrogen-bond acceptors (Lipinski definition) is 3. The van der Waals surface area contributed by atoms with Crippen molar-refractivity contribution in [2.75, 3.05) is 11.9 Å². The molecule has 2 rings (SSSR count). The second-order valence-electron chi connectivity index (χ2n) is 4.94. The molecule has 1 aromatic rings. The fraction of sp³-hybridized carbons (Fsp3) is 0.429. The predicted octanol–water partition coefficient (Wildman–Crippen LogP) is 2.98. The molecule has 1 aliphatic rings. The third-order valence-electron chi connectivity index (χ3n) is 3.33. The Morgan fingerprint density at radius 3 is 2.44 bits per heavy atom. The maximum Gasteiger partial charge on any atom is 0.299 e. The van der Waals surface area contributed by atoms with Crippen LogP contribution in [0, 0.1) is 5.92 Å². The minimum absolute atomic E-state index is 0.402. The van der Waals surface area contributed by atoms with Crippen molar-refractivity contribution in [1.82, 2.24) is 0 Å². The molecular formula is C14H17NO2S. The largest absolute Gasteiger partial charge is 0.308 e. The van der Waals surface area contributed by atoms with E-state index in [1.165, 1.54) is 4.90 Å². The van der Waals surface area contributed by atoms with Crippen LogP contribution in [0.4, 0.5) is 5.69 Å². The van der Waals surface area contributed by atoms with Crippen molar-refractivity contribution in [3.63, 3.8) is 0 Å².